The van der Waals surface area contributed by atoms with Crippen LogP contribution in [0.5, 0.6) is 0 Å². The van der Waals surface area contributed by atoms with Crippen LogP contribution < -0.4 is 5.32 Å². The van der Waals surface area contributed by atoms with Crippen molar-refractivity contribution in [3.05, 3.63) is 71.8 Å². The number of benzene rings is 2. The van der Waals surface area contributed by atoms with Crippen LogP contribution in [0.3, 0.4) is 0 Å². The Bertz CT molecular complexity index is 1240. The maximum atomic E-state index is 13.5. The van der Waals surface area contributed by atoms with E-state index in [9.17, 15) is 18.0 Å². The Kier molecular flexibility index (Phi) is 4.81. The number of nitrogens with one attached hydrogen (secondary N) is 1. The lowest BCUT2D eigenvalue weighted by molar-refractivity contribution is -0.147. The summed E-state index contributed by atoms with van der Waals surface area (Å²) in [6.45, 7) is 3.21. The first kappa shape index (κ1) is 19.7. The fraction of sp³-hybridized carbons (Fsp3) is 0.190. The van der Waals surface area contributed by atoms with Gasteiger partial charge in [0.2, 0.25) is 11.7 Å². The van der Waals surface area contributed by atoms with Crippen LogP contribution in [0.1, 0.15) is 17.2 Å². The Balaban J connectivity index is 1.67. The number of hydrogen-bond acceptors (Lipinski definition) is 3. The van der Waals surface area contributed by atoms with Gasteiger partial charge in [-0.1, -0.05) is 24.3 Å². The smallest absolute Gasteiger partial charge is 0.323 e. The lowest BCUT2D eigenvalue weighted by Crippen LogP contribution is -2.24. The zero-order chi connectivity index (χ0) is 21.5. The first-order valence-electron chi connectivity index (χ1n) is 9.19. The molecule has 6 nitrogen and oxygen atoms in total. The lowest BCUT2D eigenvalue weighted by atomic mass is 10.2. The van der Waals surface area contributed by atoms with E-state index in [4.69, 9.17) is 0 Å². The Morgan fingerprint density at radius 3 is 2.47 bits per heavy atom. The summed E-state index contributed by atoms with van der Waals surface area (Å²) in [7, 11) is 0. The van der Waals surface area contributed by atoms with Gasteiger partial charge in [0.25, 0.3) is 0 Å². The number of aromatic nitrogens is 4. The van der Waals surface area contributed by atoms with Gasteiger partial charge in [-0.2, -0.15) is 18.3 Å². The van der Waals surface area contributed by atoms with Crippen molar-refractivity contribution in [2.45, 2.75) is 26.6 Å². The second kappa shape index (κ2) is 7.33. The number of imidazole rings is 1. The van der Waals surface area contributed by atoms with E-state index < -0.39 is 24.5 Å². The van der Waals surface area contributed by atoms with E-state index >= 15 is 0 Å². The Hall–Kier alpha value is -3.62. The summed E-state index contributed by atoms with van der Waals surface area (Å²) in [4.78, 5) is 16.4. The third kappa shape index (κ3) is 3.66. The first-order valence-corrected chi connectivity index (χ1v) is 9.19. The van der Waals surface area contributed by atoms with E-state index in [-0.39, 0.29) is 11.0 Å². The zero-order valence-corrected chi connectivity index (χ0v) is 16.2. The monoisotopic (exact) mass is 413 g/mol. The van der Waals surface area contributed by atoms with Crippen molar-refractivity contribution < 1.29 is 18.0 Å². The summed E-state index contributed by atoms with van der Waals surface area (Å²) in [5.74, 6) is -1.71. The molecule has 0 unspecified atom stereocenters. The molecule has 1 N–H and O–H groups in total. The SMILES string of the molecule is Cc1cc(C)n(-c2ccccc2NC(=O)Cn2c(C(F)(F)F)nc3ccccc32)n1. The third-order valence-corrected chi connectivity index (χ3v) is 4.63. The summed E-state index contributed by atoms with van der Waals surface area (Å²) in [6, 6.07) is 15.1. The molecule has 0 aliphatic heterocycles. The van der Waals surface area contributed by atoms with E-state index in [2.05, 4.69) is 15.4 Å². The number of anilines is 1. The molecular weight excluding hydrogens is 395 g/mol. The topological polar surface area (TPSA) is 64.7 Å². The predicted molar refractivity (Wildman–Crippen MR) is 106 cm³/mol. The number of fused-ring (bicyclic) bond motifs is 1. The molecule has 2 aromatic heterocycles. The van der Waals surface area contributed by atoms with Gasteiger partial charge in [0.15, 0.2) is 0 Å². The molecule has 0 bridgehead atoms. The van der Waals surface area contributed by atoms with E-state index in [1.54, 1.807) is 41.1 Å². The second-order valence-corrected chi connectivity index (χ2v) is 6.91. The first-order chi connectivity index (χ1) is 14.2. The summed E-state index contributed by atoms with van der Waals surface area (Å²) < 4.78 is 43.0. The van der Waals surface area contributed by atoms with Crippen LogP contribution in [0, 0.1) is 13.8 Å². The molecule has 30 heavy (non-hydrogen) atoms. The van der Waals surface area contributed by atoms with Crippen LogP contribution in [0.25, 0.3) is 16.7 Å². The van der Waals surface area contributed by atoms with Crippen LogP contribution in [-0.2, 0) is 17.5 Å². The number of para-hydroxylation sites is 4. The fourth-order valence-electron chi connectivity index (χ4n) is 3.42. The molecular formula is C21H18F3N5O. The molecule has 4 rings (SSSR count). The highest BCUT2D eigenvalue weighted by molar-refractivity contribution is 5.93. The molecule has 2 heterocycles. The average Bonchev–Trinajstić information content (AvgIpc) is 3.22. The van der Waals surface area contributed by atoms with Gasteiger partial charge >= 0.3 is 6.18 Å². The summed E-state index contributed by atoms with van der Waals surface area (Å²) in [5, 5.41) is 7.12. The minimum Gasteiger partial charge on any atom is -0.323 e. The van der Waals surface area contributed by atoms with Crippen molar-refractivity contribution in [3.8, 4) is 5.69 Å². The highest BCUT2D eigenvalue weighted by atomic mass is 19.4. The molecule has 0 saturated heterocycles. The van der Waals surface area contributed by atoms with Crippen LogP contribution >= 0.6 is 0 Å². The number of aryl methyl sites for hydroxylation is 2. The largest absolute Gasteiger partial charge is 0.449 e. The molecule has 4 aromatic rings. The van der Waals surface area contributed by atoms with Crippen molar-refractivity contribution in [1.82, 2.24) is 19.3 Å². The van der Waals surface area contributed by atoms with Crippen molar-refractivity contribution in [3.63, 3.8) is 0 Å². The van der Waals surface area contributed by atoms with E-state index in [0.717, 1.165) is 16.0 Å². The van der Waals surface area contributed by atoms with Crippen LogP contribution in [0.4, 0.5) is 18.9 Å². The van der Waals surface area contributed by atoms with Gasteiger partial charge in [-0.3, -0.25) is 4.79 Å². The van der Waals surface area contributed by atoms with Crippen molar-refractivity contribution >= 4 is 22.6 Å². The van der Waals surface area contributed by atoms with Crippen molar-refractivity contribution in [2.75, 3.05) is 5.32 Å². The molecule has 0 aliphatic rings. The highest BCUT2D eigenvalue weighted by Crippen LogP contribution is 2.31. The second-order valence-electron chi connectivity index (χ2n) is 6.91. The third-order valence-electron chi connectivity index (χ3n) is 4.63. The van der Waals surface area contributed by atoms with E-state index in [0.29, 0.717) is 11.4 Å². The quantitative estimate of drug-likeness (QED) is 0.536. The Morgan fingerprint density at radius 2 is 1.77 bits per heavy atom. The molecule has 0 aliphatic carbocycles. The Labute approximate surface area is 170 Å². The fourth-order valence-corrected chi connectivity index (χ4v) is 3.42. The minimum absolute atomic E-state index is 0.181. The lowest BCUT2D eigenvalue weighted by Gasteiger charge is -2.14. The molecule has 0 fully saturated rings. The summed E-state index contributed by atoms with van der Waals surface area (Å²) in [6.07, 6.45) is -4.68. The molecule has 0 saturated carbocycles. The maximum Gasteiger partial charge on any atom is 0.449 e. The van der Waals surface area contributed by atoms with Crippen LogP contribution in [0.2, 0.25) is 0 Å². The number of alkyl halides is 3. The number of nitrogens with zero attached hydrogens (tertiary/aromatic N) is 4. The number of amides is 1. The molecule has 2 aromatic carbocycles. The molecule has 154 valence electrons. The van der Waals surface area contributed by atoms with Crippen molar-refractivity contribution in [1.29, 1.82) is 0 Å². The van der Waals surface area contributed by atoms with E-state index in [1.807, 2.05) is 19.9 Å². The standard InChI is InChI=1S/C21H18F3N5O/c1-13-11-14(2)29(27-13)18-10-6-4-8-16(18)25-19(30)12-28-17-9-5-3-7-15(17)26-20(28)21(22,23)24/h3-11H,12H2,1-2H3,(H,25,30). The number of carbonyl (C=O) groups excluding carboxylic acids is 1. The molecule has 9 heteroatoms. The predicted octanol–water partition coefficient (Wildman–Crippen LogP) is 4.50. The van der Waals surface area contributed by atoms with Gasteiger partial charge in [0.1, 0.15) is 6.54 Å². The summed E-state index contributed by atoms with van der Waals surface area (Å²) in [5.41, 5.74) is 3.18. The van der Waals surface area contributed by atoms with Crippen molar-refractivity contribution in [2.24, 2.45) is 0 Å². The zero-order valence-electron chi connectivity index (χ0n) is 16.2. The normalized spacial score (nSPS) is 11.8. The van der Waals surface area contributed by atoms with Gasteiger partial charge in [0.05, 0.1) is 28.1 Å². The molecule has 0 radical (unpaired) electrons. The highest BCUT2D eigenvalue weighted by Gasteiger charge is 2.38. The minimum atomic E-state index is -4.68. The van der Waals surface area contributed by atoms with Gasteiger partial charge in [-0.15, -0.1) is 0 Å². The molecule has 0 atom stereocenters. The number of carbonyl (C=O) groups is 1. The van der Waals surface area contributed by atoms with Gasteiger partial charge in [0, 0.05) is 5.69 Å². The number of hydrogen-bond donors (Lipinski definition) is 1. The molecule has 1 amide bonds. The number of halogens is 3. The van der Waals surface area contributed by atoms with Gasteiger partial charge in [-0.05, 0) is 44.2 Å². The summed E-state index contributed by atoms with van der Waals surface area (Å²) >= 11 is 0. The Morgan fingerprint density at radius 1 is 1.07 bits per heavy atom. The van der Waals surface area contributed by atoms with E-state index in [1.165, 1.54) is 12.1 Å². The van der Waals surface area contributed by atoms with Gasteiger partial charge in [-0.25, -0.2) is 9.67 Å². The maximum absolute atomic E-state index is 13.5. The number of rotatable bonds is 4. The van der Waals surface area contributed by atoms with Crippen LogP contribution in [0.15, 0.2) is 54.6 Å². The van der Waals surface area contributed by atoms with Gasteiger partial charge < -0.3 is 9.88 Å². The van der Waals surface area contributed by atoms with Crippen LogP contribution in [-0.4, -0.2) is 25.2 Å². The average molecular weight is 413 g/mol. The molecule has 0 spiro atoms.